The lowest BCUT2D eigenvalue weighted by Crippen LogP contribution is -2.41. The SMILES string of the molecule is Cc1cccc(C(=O)NC(C)C(C)(C)C)c1Br. The number of nitrogens with one attached hydrogen (secondary N) is 1. The van der Waals surface area contributed by atoms with Crippen LogP contribution < -0.4 is 5.32 Å². The third-order valence-corrected chi connectivity index (χ3v) is 4.14. The van der Waals surface area contributed by atoms with Crippen molar-refractivity contribution in [1.82, 2.24) is 5.32 Å². The minimum absolute atomic E-state index is 0.0250. The minimum atomic E-state index is -0.0250. The van der Waals surface area contributed by atoms with E-state index in [-0.39, 0.29) is 17.4 Å². The van der Waals surface area contributed by atoms with Gasteiger partial charge in [0.15, 0.2) is 0 Å². The lowest BCUT2D eigenvalue weighted by atomic mass is 9.88. The van der Waals surface area contributed by atoms with Crippen LogP contribution in [0.1, 0.15) is 43.6 Å². The van der Waals surface area contributed by atoms with Crippen LogP contribution in [0, 0.1) is 12.3 Å². The van der Waals surface area contributed by atoms with E-state index in [0.29, 0.717) is 5.56 Å². The van der Waals surface area contributed by atoms with Crippen LogP contribution in [0.25, 0.3) is 0 Å². The van der Waals surface area contributed by atoms with Crippen LogP contribution in [0.2, 0.25) is 0 Å². The fraction of sp³-hybridized carbons (Fsp3) is 0.500. The molecule has 0 aliphatic rings. The second-order valence-electron chi connectivity index (χ2n) is 5.50. The van der Waals surface area contributed by atoms with Crippen LogP contribution in [-0.2, 0) is 0 Å². The first-order valence-electron chi connectivity index (χ1n) is 5.79. The van der Waals surface area contributed by atoms with Gasteiger partial charge in [-0.3, -0.25) is 4.79 Å². The van der Waals surface area contributed by atoms with Gasteiger partial charge in [0.1, 0.15) is 0 Å². The number of hydrogen-bond donors (Lipinski definition) is 1. The van der Waals surface area contributed by atoms with Crippen molar-refractivity contribution in [3.05, 3.63) is 33.8 Å². The Hall–Kier alpha value is -0.830. The molecule has 1 rings (SSSR count). The number of benzene rings is 1. The van der Waals surface area contributed by atoms with E-state index in [1.165, 1.54) is 0 Å². The third-order valence-electron chi connectivity index (χ3n) is 3.08. The molecule has 1 aromatic carbocycles. The molecule has 1 atom stereocenters. The Morgan fingerprint density at radius 1 is 1.35 bits per heavy atom. The summed E-state index contributed by atoms with van der Waals surface area (Å²) < 4.78 is 0.874. The number of rotatable bonds is 2. The fourth-order valence-corrected chi connectivity index (χ4v) is 1.76. The van der Waals surface area contributed by atoms with Crippen molar-refractivity contribution < 1.29 is 4.79 Å². The van der Waals surface area contributed by atoms with Crippen molar-refractivity contribution in [2.24, 2.45) is 5.41 Å². The van der Waals surface area contributed by atoms with Gasteiger partial charge < -0.3 is 5.32 Å². The Labute approximate surface area is 112 Å². The van der Waals surface area contributed by atoms with Gasteiger partial charge in [0.2, 0.25) is 0 Å². The van der Waals surface area contributed by atoms with E-state index in [1.54, 1.807) is 0 Å². The third kappa shape index (κ3) is 3.56. The standard InChI is InChI=1S/C14H20BrNO/c1-9-7-6-8-11(12(9)15)13(17)16-10(2)14(3,4)5/h6-8,10H,1-5H3,(H,16,17). The van der Waals surface area contributed by atoms with Crippen LogP contribution in [-0.4, -0.2) is 11.9 Å². The highest BCUT2D eigenvalue weighted by Gasteiger charge is 2.23. The summed E-state index contributed by atoms with van der Waals surface area (Å²) in [6, 6.07) is 5.84. The predicted octanol–water partition coefficient (Wildman–Crippen LogP) is 3.92. The van der Waals surface area contributed by atoms with Crippen LogP contribution in [0.4, 0.5) is 0 Å². The maximum Gasteiger partial charge on any atom is 0.252 e. The molecule has 0 fully saturated rings. The molecule has 0 heterocycles. The van der Waals surface area contributed by atoms with Gasteiger partial charge in [0, 0.05) is 10.5 Å². The van der Waals surface area contributed by atoms with Gasteiger partial charge in [0.25, 0.3) is 5.91 Å². The smallest absolute Gasteiger partial charge is 0.252 e. The van der Waals surface area contributed by atoms with Crippen molar-refractivity contribution in [1.29, 1.82) is 0 Å². The summed E-state index contributed by atoms with van der Waals surface area (Å²) in [6.45, 7) is 10.4. The van der Waals surface area contributed by atoms with Gasteiger partial charge in [-0.25, -0.2) is 0 Å². The van der Waals surface area contributed by atoms with E-state index in [4.69, 9.17) is 0 Å². The van der Waals surface area contributed by atoms with Gasteiger partial charge in [-0.05, 0) is 46.8 Å². The average Bonchev–Trinajstić information content (AvgIpc) is 2.20. The van der Waals surface area contributed by atoms with Crippen LogP contribution in [0.15, 0.2) is 22.7 Å². The Kier molecular flexibility index (Phi) is 4.36. The van der Waals surface area contributed by atoms with Crippen molar-refractivity contribution in [3.8, 4) is 0 Å². The maximum atomic E-state index is 12.1. The molecule has 0 radical (unpaired) electrons. The second kappa shape index (κ2) is 5.21. The molecule has 0 saturated heterocycles. The molecule has 0 aromatic heterocycles. The molecule has 1 amide bonds. The predicted molar refractivity (Wildman–Crippen MR) is 75.3 cm³/mol. The van der Waals surface area contributed by atoms with Gasteiger partial charge in [-0.2, -0.15) is 0 Å². The lowest BCUT2D eigenvalue weighted by molar-refractivity contribution is 0.0909. The molecule has 1 N–H and O–H groups in total. The summed E-state index contributed by atoms with van der Waals surface area (Å²) in [4.78, 5) is 12.1. The van der Waals surface area contributed by atoms with Crippen LogP contribution in [0.5, 0.6) is 0 Å². The number of hydrogen-bond acceptors (Lipinski definition) is 1. The van der Waals surface area contributed by atoms with Crippen molar-refractivity contribution in [3.63, 3.8) is 0 Å². The molecule has 0 bridgehead atoms. The van der Waals surface area contributed by atoms with Crippen molar-refractivity contribution in [2.75, 3.05) is 0 Å². The molecule has 0 spiro atoms. The molecule has 94 valence electrons. The molecule has 1 aromatic rings. The Balaban J connectivity index is 2.88. The molecular formula is C14H20BrNO. The molecular weight excluding hydrogens is 278 g/mol. The summed E-state index contributed by atoms with van der Waals surface area (Å²) in [7, 11) is 0. The Bertz CT molecular complexity index is 421. The molecule has 0 aliphatic carbocycles. The zero-order valence-corrected chi connectivity index (χ0v) is 12.7. The van der Waals surface area contributed by atoms with Crippen molar-refractivity contribution >= 4 is 21.8 Å². The number of halogens is 1. The highest BCUT2D eigenvalue weighted by atomic mass is 79.9. The molecule has 17 heavy (non-hydrogen) atoms. The summed E-state index contributed by atoms with van der Waals surface area (Å²) in [5.41, 5.74) is 1.83. The Morgan fingerprint density at radius 3 is 2.47 bits per heavy atom. The number of carbonyl (C=O) groups excluding carboxylic acids is 1. The van der Waals surface area contributed by atoms with Gasteiger partial charge in [-0.1, -0.05) is 32.9 Å². The zero-order chi connectivity index (χ0) is 13.2. The lowest BCUT2D eigenvalue weighted by Gasteiger charge is -2.28. The first-order valence-corrected chi connectivity index (χ1v) is 6.58. The highest BCUT2D eigenvalue weighted by molar-refractivity contribution is 9.10. The number of amides is 1. The first kappa shape index (κ1) is 14.2. The van der Waals surface area contributed by atoms with Crippen LogP contribution in [0.3, 0.4) is 0 Å². The monoisotopic (exact) mass is 297 g/mol. The van der Waals surface area contributed by atoms with Crippen molar-refractivity contribution in [2.45, 2.75) is 40.7 Å². The molecule has 2 nitrogen and oxygen atoms in total. The van der Waals surface area contributed by atoms with Crippen LogP contribution >= 0.6 is 15.9 Å². The van der Waals surface area contributed by atoms with E-state index in [0.717, 1.165) is 10.0 Å². The highest BCUT2D eigenvalue weighted by Crippen LogP contribution is 2.23. The average molecular weight is 298 g/mol. The quantitative estimate of drug-likeness (QED) is 0.881. The van der Waals surface area contributed by atoms with Gasteiger partial charge in [-0.15, -0.1) is 0 Å². The summed E-state index contributed by atoms with van der Waals surface area (Å²) >= 11 is 3.46. The minimum Gasteiger partial charge on any atom is -0.349 e. The van der Waals surface area contributed by atoms with E-state index < -0.39 is 0 Å². The number of aryl methyl sites for hydroxylation is 1. The van der Waals surface area contributed by atoms with Gasteiger partial charge >= 0.3 is 0 Å². The molecule has 3 heteroatoms. The summed E-state index contributed by atoms with van der Waals surface area (Å²) in [6.07, 6.45) is 0. The van der Waals surface area contributed by atoms with E-state index >= 15 is 0 Å². The topological polar surface area (TPSA) is 29.1 Å². The number of carbonyl (C=O) groups is 1. The molecule has 1 unspecified atom stereocenters. The molecule has 0 aliphatic heterocycles. The maximum absolute atomic E-state index is 12.1. The normalized spacial score (nSPS) is 13.3. The Morgan fingerprint density at radius 2 is 1.94 bits per heavy atom. The van der Waals surface area contributed by atoms with E-state index in [9.17, 15) is 4.79 Å². The first-order chi connectivity index (χ1) is 7.73. The van der Waals surface area contributed by atoms with E-state index in [2.05, 4.69) is 42.0 Å². The van der Waals surface area contributed by atoms with E-state index in [1.807, 2.05) is 32.0 Å². The summed E-state index contributed by atoms with van der Waals surface area (Å²) in [5.74, 6) is -0.0250. The zero-order valence-electron chi connectivity index (χ0n) is 11.1. The molecule has 0 saturated carbocycles. The fourth-order valence-electron chi connectivity index (χ4n) is 1.31. The second-order valence-corrected chi connectivity index (χ2v) is 6.29. The van der Waals surface area contributed by atoms with Gasteiger partial charge in [0.05, 0.1) is 5.56 Å². The summed E-state index contributed by atoms with van der Waals surface area (Å²) in [5, 5.41) is 3.04. The largest absolute Gasteiger partial charge is 0.349 e.